The molecule has 1 unspecified atom stereocenters. The Morgan fingerprint density at radius 3 is 2.48 bits per heavy atom. The van der Waals surface area contributed by atoms with Gasteiger partial charge in [-0.2, -0.15) is 0 Å². The molecular formula is C19H27NO. The summed E-state index contributed by atoms with van der Waals surface area (Å²) < 4.78 is 5.54. The van der Waals surface area contributed by atoms with Crippen LogP contribution in [0.1, 0.15) is 39.2 Å². The molecule has 0 spiro atoms. The number of ether oxygens (including phenoxy) is 1. The van der Waals surface area contributed by atoms with Crippen LogP contribution in [-0.4, -0.2) is 13.2 Å². The summed E-state index contributed by atoms with van der Waals surface area (Å²) >= 11 is 0. The highest BCUT2D eigenvalue weighted by Crippen LogP contribution is 2.28. The molecule has 0 fully saturated rings. The van der Waals surface area contributed by atoms with Gasteiger partial charge < -0.3 is 10.1 Å². The Bertz CT molecular complexity index is 577. The number of rotatable bonds is 7. The maximum absolute atomic E-state index is 5.54. The minimum absolute atomic E-state index is 0.524. The van der Waals surface area contributed by atoms with E-state index in [1.165, 1.54) is 29.2 Å². The minimum atomic E-state index is 0.524. The maximum atomic E-state index is 5.54. The first-order valence-corrected chi connectivity index (χ1v) is 7.89. The number of hydrogen-bond acceptors (Lipinski definition) is 2. The molecule has 0 saturated heterocycles. The minimum Gasteiger partial charge on any atom is -0.496 e. The number of benzene rings is 2. The van der Waals surface area contributed by atoms with Crippen LogP contribution < -0.4 is 10.1 Å². The molecule has 0 saturated carbocycles. The van der Waals surface area contributed by atoms with E-state index in [9.17, 15) is 0 Å². The fourth-order valence-electron chi connectivity index (χ4n) is 2.65. The zero-order chi connectivity index (χ0) is 15.2. The lowest BCUT2D eigenvalue weighted by atomic mass is 10.0. The molecule has 2 heteroatoms. The van der Waals surface area contributed by atoms with Crippen molar-refractivity contribution in [1.82, 2.24) is 5.32 Å². The molecule has 2 rings (SSSR count). The Balaban J connectivity index is 2.13. The lowest BCUT2D eigenvalue weighted by molar-refractivity contribution is 0.403. The summed E-state index contributed by atoms with van der Waals surface area (Å²) in [5.41, 5.74) is 1.26. The lowest BCUT2D eigenvalue weighted by Crippen LogP contribution is -2.26. The van der Waals surface area contributed by atoms with Gasteiger partial charge in [0.1, 0.15) is 5.75 Å². The van der Waals surface area contributed by atoms with Crippen LogP contribution in [0.5, 0.6) is 5.75 Å². The highest BCUT2D eigenvalue weighted by molar-refractivity contribution is 5.87. The van der Waals surface area contributed by atoms with Crippen LogP contribution in [0.25, 0.3) is 10.8 Å². The monoisotopic (exact) mass is 285 g/mol. The first-order chi connectivity index (χ1) is 10.1. The van der Waals surface area contributed by atoms with Crippen molar-refractivity contribution in [3.63, 3.8) is 0 Å². The van der Waals surface area contributed by atoms with Crippen molar-refractivity contribution in [2.45, 2.75) is 46.2 Å². The van der Waals surface area contributed by atoms with Gasteiger partial charge in [-0.25, -0.2) is 0 Å². The van der Waals surface area contributed by atoms with Gasteiger partial charge in [0.05, 0.1) is 7.11 Å². The smallest absolute Gasteiger partial charge is 0.123 e. The average molecular weight is 285 g/mol. The van der Waals surface area contributed by atoms with Crippen molar-refractivity contribution in [1.29, 1.82) is 0 Å². The van der Waals surface area contributed by atoms with Crippen molar-refractivity contribution >= 4 is 10.8 Å². The summed E-state index contributed by atoms with van der Waals surface area (Å²) in [6.07, 6.45) is 2.48. The molecule has 2 aromatic carbocycles. The third kappa shape index (κ3) is 4.21. The van der Waals surface area contributed by atoms with Gasteiger partial charge in [-0.3, -0.25) is 0 Å². The quantitative estimate of drug-likeness (QED) is 0.791. The fourth-order valence-corrected chi connectivity index (χ4v) is 2.65. The van der Waals surface area contributed by atoms with Crippen LogP contribution in [0.4, 0.5) is 0 Å². The van der Waals surface area contributed by atoms with E-state index in [1.54, 1.807) is 7.11 Å². The number of hydrogen-bond donors (Lipinski definition) is 1. The zero-order valence-corrected chi connectivity index (χ0v) is 13.6. The lowest BCUT2D eigenvalue weighted by Gasteiger charge is -2.18. The molecule has 0 aromatic heterocycles. The van der Waals surface area contributed by atoms with Gasteiger partial charge >= 0.3 is 0 Å². The summed E-state index contributed by atoms with van der Waals surface area (Å²) in [5, 5.41) is 6.19. The molecule has 2 aromatic rings. The molecule has 0 aliphatic carbocycles. The average Bonchev–Trinajstić information content (AvgIpc) is 2.50. The molecule has 0 aliphatic heterocycles. The third-order valence-electron chi connectivity index (χ3n) is 4.02. The van der Waals surface area contributed by atoms with Gasteiger partial charge in [-0.1, -0.05) is 44.2 Å². The molecule has 1 N–H and O–H groups in total. The standard InChI is InChI=1S/C19H27NO/c1-14(2)9-10-15(3)20-13-18-17-8-6-5-7-16(17)11-12-19(18)21-4/h5-8,11-12,14-15,20H,9-10,13H2,1-4H3. The van der Waals surface area contributed by atoms with Crippen LogP contribution in [0, 0.1) is 5.92 Å². The summed E-state index contributed by atoms with van der Waals surface area (Å²) in [7, 11) is 1.75. The summed E-state index contributed by atoms with van der Waals surface area (Å²) in [6.45, 7) is 7.67. The Kier molecular flexibility index (Phi) is 5.63. The van der Waals surface area contributed by atoms with E-state index in [0.29, 0.717) is 6.04 Å². The zero-order valence-electron chi connectivity index (χ0n) is 13.6. The summed E-state index contributed by atoms with van der Waals surface area (Å²) in [4.78, 5) is 0. The topological polar surface area (TPSA) is 21.3 Å². The molecular weight excluding hydrogens is 258 g/mol. The predicted molar refractivity (Wildman–Crippen MR) is 90.9 cm³/mol. The molecule has 0 bridgehead atoms. The molecule has 2 nitrogen and oxygen atoms in total. The normalized spacial score (nSPS) is 12.8. The molecule has 21 heavy (non-hydrogen) atoms. The van der Waals surface area contributed by atoms with Crippen LogP contribution >= 0.6 is 0 Å². The number of methoxy groups -OCH3 is 1. The second-order valence-electron chi connectivity index (χ2n) is 6.22. The van der Waals surface area contributed by atoms with Gasteiger partial charge in [0.15, 0.2) is 0 Å². The Morgan fingerprint density at radius 1 is 1.00 bits per heavy atom. The van der Waals surface area contributed by atoms with Crippen molar-refractivity contribution in [2.75, 3.05) is 7.11 Å². The second-order valence-corrected chi connectivity index (χ2v) is 6.22. The highest BCUT2D eigenvalue weighted by Gasteiger charge is 2.10. The molecule has 0 heterocycles. The third-order valence-corrected chi connectivity index (χ3v) is 4.02. The van der Waals surface area contributed by atoms with Crippen molar-refractivity contribution < 1.29 is 4.74 Å². The van der Waals surface area contributed by atoms with E-state index in [2.05, 4.69) is 62.5 Å². The van der Waals surface area contributed by atoms with Crippen molar-refractivity contribution in [3.8, 4) is 5.75 Å². The molecule has 0 radical (unpaired) electrons. The fraction of sp³-hybridized carbons (Fsp3) is 0.474. The van der Waals surface area contributed by atoms with E-state index in [-0.39, 0.29) is 0 Å². The summed E-state index contributed by atoms with van der Waals surface area (Å²) in [6, 6.07) is 13.2. The van der Waals surface area contributed by atoms with Gasteiger partial charge in [-0.05, 0) is 42.5 Å². The van der Waals surface area contributed by atoms with Crippen LogP contribution in [-0.2, 0) is 6.54 Å². The highest BCUT2D eigenvalue weighted by atomic mass is 16.5. The molecule has 1 atom stereocenters. The second kappa shape index (κ2) is 7.46. The van der Waals surface area contributed by atoms with E-state index in [0.717, 1.165) is 18.2 Å². The Morgan fingerprint density at radius 2 is 1.76 bits per heavy atom. The van der Waals surface area contributed by atoms with E-state index in [4.69, 9.17) is 4.74 Å². The van der Waals surface area contributed by atoms with Gasteiger partial charge in [0, 0.05) is 18.2 Å². The number of fused-ring (bicyclic) bond motifs is 1. The van der Waals surface area contributed by atoms with E-state index < -0.39 is 0 Å². The van der Waals surface area contributed by atoms with Gasteiger partial charge in [-0.15, -0.1) is 0 Å². The maximum Gasteiger partial charge on any atom is 0.123 e. The van der Waals surface area contributed by atoms with Crippen LogP contribution in [0.15, 0.2) is 36.4 Å². The SMILES string of the molecule is COc1ccc2ccccc2c1CNC(C)CCC(C)C. The Hall–Kier alpha value is -1.54. The van der Waals surface area contributed by atoms with Crippen LogP contribution in [0.3, 0.4) is 0 Å². The predicted octanol–water partition coefficient (Wildman–Crippen LogP) is 4.76. The van der Waals surface area contributed by atoms with Gasteiger partial charge in [0.2, 0.25) is 0 Å². The van der Waals surface area contributed by atoms with Gasteiger partial charge in [0.25, 0.3) is 0 Å². The molecule has 0 amide bonds. The van der Waals surface area contributed by atoms with Crippen molar-refractivity contribution in [2.24, 2.45) is 5.92 Å². The summed E-state index contributed by atoms with van der Waals surface area (Å²) in [5.74, 6) is 1.73. The molecule has 0 aliphatic rings. The largest absolute Gasteiger partial charge is 0.496 e. The Labute approximate surface area is 128 Å². The molecule has 114 valence electrons. The van der Waals surface area contributed by atoms with E-state index >= 15 is 0 Å². The van der Waals surface area contributed by atoms with E-state index in [1.807, 2.05) is 0 Å². The van der Waals surface area contributed by atoms with Crippen molar-refractivity contribution in [3.05, 3.63) is 42.0 Å². The number of nitrogens with one attached hydrogen (secondary N) is 1. The van der Waals surface area contributed by atoms with Crippen LogP contribution in [0.2, 0.25) is 0 Å². The first kappa shape index (κ1) is 15.8. The first-order valence-electron chi connectivity index (χ1n) is 7.89.